The number of halogens is 2. The summed E-state index contributed by atoms with van der Waals surface area (Å²) in [6, 6.07) is 2.91. The zero-order chi connectivity index (χ0) is 15.9. The van der Waals surface area contributed by atoms with Gasteiger partial charge in [0.15, 0.2) is 5.52 Å². The number of nitrogens with two attached hydrogens (primary N) is 1. The Bertz CT molecular complexity index is 824. The van der Waals surface area contributed by atoms with E-state index in [0.717, 1.165) is 12.5 Å². The zero-order valence-corrected chi connectivity index (χ0v) is 12.0. The molecule has 114 valence electrons. The first-order valence-corrected chi connectivity index (χ1v) is 6.56. The number of alkyl halides is 2. The Balaban J connectivity index is 1.96. The summed E-state index contributed by atoms with van der Waals surface area (Å²) < 4.78 is 31.0. The molecule has 0 aliphatic heterocycles. The maximum absolute atomic E-state index is 13.2. The summed E-state index contributed by atoms with van der Waals surface area (Å²) in [5, 5.41) is 7.37. The van der Waals surface area contributed by atoms with Crippen molar-refractivity contribution in [2.24, 2.45) is 0 Å². The third-order valence-corrected chi connectivity index (χ3v) is 3.45. The average molecular weight is 305 g/mol. The van der Waals surface area contributed by atoms with Gasteiger partial charge in [-0.2, -0.15) is 0 Å². The lowest BCUT2D eigenvalue weighted by Crippen LogP contribution is -2.08. The predicted octanol–water partition coefficient (Wildman–Crippen LogP) is 2.61. The maximum atomic E-state index is 13.2. The highest BCUT2D eigenvalue weighted by molar-refractivity contribution is 5.85. The number of aryl methyl sites for hydroxylation is 1. The van der Waals surface area contributed by atoms with E-state index in [-0.39, 0.29) is 5.56 Å². The molecule has 0 bridgehead atoms. The van der Waals surface area contributed by atoms with E-state index < -0.39 is 5.92 Å². The number of hydrogen-bond donors (Lipinski definition) is 1. The van der Waals surface area contributed by atoms with Gasteiger partial charge in [0.25, 0.3) is 5.92 Å². The quantitative estimate of drug-likeness (QED) is 0.800. The van der Waals surface area contributed by atoms with E-state index in [1.54, 1.807) is 13.0 Å². The Morgan fingerprint density at radius 3 is 2.68 bits per heavy atom. The van der Waals surface area contributed by atoms with Crippen LogP contribution in [0.15, 0.2) is 23.0 Å². The van der Waals surface area contributed by atoms with Crippen molar-refractivity contribution < 1.29 is 13.4 Å². The minimum absolute atomic E-state index is 0.129. The second-order valence-electron chi connectivity index (χ2n) is 5.13. The van der Waals surface area contributed by atoms with E-state index in [2.05, 4.69) is 24.9 Å². The van der Waals surface area contributed by atoms with E-state index in [1.165, 1.54) is 12.3 Å². The maximum Gasteiger partial charge on any atom is 0.272 e. The fourth-order valence-corrected chi connectivity index (χ4v) is 2.18. The number of anilines is 1. The molecule has 0 unspecified atom stereocenters. The van der Waals surface area contributed by atoms with Gasteiger partial charge in [-0.1, -0.05) is 0 Å². The van der Waals surface area contributed by atoms with Gasteiger partial charge in [0.2, 0.25) is 5.65 Å². The average Bonchev–Trinajstić information content (AvgIpc) is 2.91. The molecule has 3 heterocycles. The summed E-state index contributed by atoms with van der Waals surface area (Å²) in [5.41, 5.74) is 9.08. The monoisotopic (exact) mass is 305 g/mol. The van der Waals surface area contributed by atoms with Crippen molar-refractivity contribution in [1.29, 1.82) is 0 Å². The lowest BCUT2D eigenvalue weighted by molar-refractivity contribution is 0.0171. The molecule has 0 aliphatic carbocycles. The van der Waals surface area contributed by atoms with Crippen LogP contribution in [0.25, 0.3) is 11.2 Å². The Kier molecular flexibility index (Phi) is 3.23. The SMILES string of the molecule is Cc1nc2nonc2c(N)c1Cc1ccc(C(C)(F)F)cn1. The van der Waals surface area contributed by atoms with E-state index in [1.807, 2.05) is 0 Å². The minimum Gasteiger partial charge on any atom is -0.396 e. The standard InChI is InChI=1S/C14H13F2N5O/c1-7-10(11(17)12-13(19-7)21-22-20-12)5-9-4-3-8(6-18-9)14(2,15)16/h3-4,6H,5,17H2,1-2H3. The Hall–Kier alpha value is -2.64. The van der Waals surface area contributed by atoms with Gasteiger partial charge in [0.05, 0.1) is 5.69 Å². The number of hydrogen-bond acceptors (Lipinski definition) is 6. The van der Waals surface area contributed by atoms with Gasteiger partial charge in [0, 0.05) is 42.1 Å². The highest BCUT2D eigenvalue weighted by Gasteiger charge is 2.24. The van der Waals surface area contributed by atoms with Crippen LogP contribution in [0.5, 0.6) is 0 Å². The van der Waals surface area contributed by atoms with Crippen molar-refractivity contribution in [2.75, 3.05) is 5.73 Å². The number of rotatable bonds is 3. The molecule has 2 N–H and O–H groups in total. The van der Waals surface area contributed by atoms with Crippen LogP contribution in [0.3, 0.4) is 0 Å². The third kappa shape index (κ3) is 2.47. The van der Waals surface area contributed by atoms with E-state index in [4.69, 9.17) is 5.73 Å². The van der Waals surface area contributed by atoms with Crippen molar-refractivity contribution in [3.63, 3.8) is 0 Å². The molecule has 22 heavy (non-hydrogen) atoms. The highest BCUT2D eigenvalue weighted by Crippen LogP contribution is 2.28. The van der Waals surface area contributed by atoms with Crippen LogP contribution in [-0.2, 0) is 12.3 Å². The van der Waals surface area contributed by atoms with Crippen LogP contribution < -0.4 is 5.73 Å². The van der Waals surface area contributed by atoms with Gasteiger partial charge < -0.3 is 5.73 Å². The van der Waals surface area contributed by atoms with Gasteiger partial charge >= 0.3 is 0 Å². The Morgan fingerprint density at radius 2 is 2.05 bits per heavy atom. The molecule has 3 rings (SSSR count). The van der Waals surface area contributed by atoms with Crippen molar-refractivity contribution in [2.45, 2.75) is 26.2 Å². The Morgan fingerprint density at radius 1 is 1.27 bits per heavy atom. The first-order chi connectivity index (χ1) is 10.4. The zero-order valence-electron chi connectivity index (χ0n) is 12.0. The molecular formula is C14H13F2N5O. The van der Waals surface area contributed by atoms with Crippen LogP contribution in [0.2, 0.25) is 0 Å². The van der Waals surface area contributed by atoms with Crippen LogP contribution in [0.1, 0.15) is 29.4 Å². The molecule has 0 aliphatic rings. The number of nitrogens with zero attached hydrogens (tertiary/aromatic N) is 4. The molecule has 0 aromatic carbocycles. The highest BCUT2D eigenvalue weighted by atomic mass is 19.3. The molecule has 0 radical (unpaired) electrons. The smallest absolute Gasteiger partial charge is 0.272 e. The van der Waals surface area contributed by atoms with Gasteiger partial charge in [-0.3, -0.25) is 4.98 Å². The van der Waals surface area contributed by atoms with Crippen molar-refractivity contribution in [3.05, 3.63) is 40.8 Å². The van der Waals surface area contributed by atoms with Crippen molar-refractivity contribution >= 4 is 16.9 Å². The second kappa shape index (κ2) is 4.97. The third-order valence-electron chi connectivity index (χ3n) is 3.45. The van der Waals surface area contributed by atoms with Gasteiger partial charge in [-0.05, 0) is 29.4 Å². The number of fused-ring (bicyclic) bond motifs is 1. The van der Waals surface area contributed by atoms with Crippen LogP contribution >= 0.6 is 0 Å². The summed E-state index contributed by atoms with van der Waals surface area (Å²) >= 11 is 0. The fraction of sp³-hybridized carbons (Fsp3) is 0.286. The summed E-state index contributed by atoms with van der Waals surface area (Å²) in [6.45, 7) is 2.62. The largest absolute Gasteiger partial charge is 0.396 e. The minimum atomic E-state index is -2.91. The summed E-state index contributed by atoms with van der Waals surface area (Å²) in [6.07, 6.45) is 1.54. The fourth-order valence-electron chi connectivity index (χ4n) is 2.18. The molecule has 3 aromatic heterocycles. The molecule has 8 heteroatoms. The molecule has 6 nitrogen and oxygen atoms in total. The van der Waals surface area contributed by atoms with Crippen LogP contribution in [0, 0.1) is 6.92 Å². The van der Waals surface area contributed by atoms with Gasteiger partial charge in [0.1, 0.15) is 0 Å². The molecular weight excluding hydrogens is 292 g/mol. The summed E-state index contributed by atoms with van der Waals surface area (Å²) in [5.74, 6) is -2.91. The lowest BCUT2D eigenvalue weighted by Gasteiger charge is -2.11. The lowest BCUT2D eigenvalue weighted by atomic mass is 10.0. The first-order valence-electron chi connectivity index (χ1n) is 6.56. The predicted molar refractivity (Wildman–Crippen MR) is 75.4 cm³/mol. The van der Waals surface area contributed by atoms with Crippen molar-refractivity contribution in [1.82, 2.24) is 20.3 Å². The van der Waals surface area contributed by atoms with Gasteiger partial charge in [-0.25, -0.2) is 18.4 Å². The molecule has 0 amide bonds. The normalized spacial score (nSPS) is 12.0. The van der Waals surface area contributed by atoms with Crippen molar-refractivity contribution in [3.8, 4) is 0 Å². The number of pyridine rings is 2. The topological polar surface area (TPSA) is 90.7 Å². The first kappa shape index (κ1) is 14.3. The molecule has 0 saturated heterocycles. The molecule has 3 aromatic rings. The molecule has 0 saturated carbocycles. The Labute approximate surface area is 124 Å². The molecule has 0 atom stereocenters. The van der Waals surface area contributed by atoms with Gasteiger partial charge in [-0.15, -0.1) is 0 Å². The van der Waals surface area contributed by atoms with E-state index in [9.17, 15) is 8.78 Å². The number of aromatic nitrogens is 4. The van der Waals surface area contributed by atoms with Crippen LogP contribution in [0.4, 0.5) is 14.5 Å². The summed E-state index contributed by atoms with van der Waals surface area (Å²) in [4.78, 5) is 8.32. The van der Waals surface area contributed by atoms with E-state index >= 15 is 0 Å². The second-order valence-corrected chi connectivity index (χ2v) is 5.13. The molecule has 0 spiro atoms. The van der Waals surface area contributed by atoms with Crippen LogP contribution in [-0.4, -0.2) is 20.3 Å². The van der Waals surface area contributed by atoms with E-state index in [0.29, 0.717) is 34.7 Å². The number of nitrogen functional groups attached to an aromatic ring is 1. The molecule has 0 fully saturated rings. The summed E-state index contributed by atoms with van der Waals surface area (Å²) in [7, 11) is 0.